The lowest BCUT2D eigenvalue weighted by Crippen LogP contribution is -2.32. The minimum absolute atomic E-state index is 0.742. The van der Waals surface area contributed by atoms with Crippen molar-refractivity contribution in [1.82, 2.24) is 5.32 Å². The summed E-state index contributed by atoms with van der Waals surface area (Å²) in [6.07, 6.45) is 4.98. The average molecular weight is 258 g/mol. The van der Waals surface area contributed by atoms with Crippen LogP contribution in [-0.4, -0.2) is 26.2 Å². The molecule has 2 aliphatic heterocycles. The third-order valence-corrected chi connectivity index (χ3v) is 4.34. The highest BCUT2D eigenvalue weighted by atomic mass is 15.1. The molecule has 0 saturated heterocycles. The second kappa shape index (κ2) is 5.54. The third-order valence-electron chi connectivity index (χ3n) is 4.34. The predicted molar refractivity (Wildman–Crippen MR) is 82.1 cm³/mol. The van der Waals surface area contributed by atoms with E-state index >= 15 is 0 Å². The predicted octanol–water partition coefficient (Wildman–Crippen LogP) is 2.78. The fourth-order valence-electron chi connectivity index (χ4n) is 3.47. The van der Waals surface area contributed by atoms with Gasteiger partial charge in [-0.1, -0.05) is 19.9 Å². The normalized spacial score (nSPS) is 19.0. The Bertz CT molecular complexity index is 451. The molecular weight excluding hydrogens is 232 g/mol. The lowest BCUT2D eigenvalue weighted by molar-refractivity contribution is 0.584. The molecule has 0 aliphatic carbocycles. The molecule has 0 aromatic heterocycles. The first-order chi connectivity index (χ1) is 9.24. The number of anilines is 1. The summed E-state index contributed by atoms with van der Waals surface area (Å²) in [6, 6.07) is 5.00. The number of hydrogen-bond donors (Lipinski definition) is 1. The Hall–Kier alpha value is -1.02. The zero-order valence-corrected chi connectivity index (χ0v) is 12.3. The summed E-state index contributed by atoms with van der Waals surface area (Å²) in [5.41, 5.74) is 6.29. The zero-order valence-electron chi connectivity index (χ0n) is 12.3. The Kier molecular flexibility index (Phi) is 3.79. The van der Waals surface area contributed by atoms with Crippen LogP contribution >= 0.6 is 0 Å². The average Bonchev–Trinajstić information content (AvgIpc) is 2.61. The van der Waals surface area contributed by atoms with Gasteiger partial charge in [0.2, 0.25) is 0 Å². The van der Waals surface area contributed by atoms with Gasteiger partial charge in [-0.15, -0.1) is 0 Å². The minimum Gasteiger partial charge on any atom is -0.371 e. The molecule has 1 aromatic carbocycles. The smallest absolute Gasteiger partial charge is 0.0401 e. The molecule has 0 saturated carbocycles. The zero-order chi connectivity index (χ0) is 13.2. The number of aryl methyl sites for hydroxylation is 1. The number of nitrogens with zero attached hydrogens (tertiary/aromatic N) is 1. The maximum Gasteiger partial charge on any atom is 0.0401 e. The number of fused-ring (bicyclic) bond motifs is 2. The van der Waals surface area contributed by atoms with Crippen LogP contribution in [0, 0.1) is 5.92 Å². The largest absolute Gasteiger partial charge is 0.371 e. The van der Waals surface area contributed by atoms with E-state index < -0.39 is 0 Å². The lowest BCUT2D eigenvalue weighted by Gasteiger charge is -2.33. The molecule has 0 fully saturated rings. The molecule has 0 unspecified atom stereocenters. The summed E-state index contributed by atoms with van der Waals surface area (Å²) in [5.74, 6) is 0.742. The third kappa shape index (κ3) is 2.79. The molecular formula is C17H26N2. The SMILES string of the molecule is CC(C)CN1CCCc2cc3c(cc21)CCNCC3. The van der Waals surface area contributed by atoms with Crippen molar-refractivity contribution in [2.45, 2.75) is 39.5 Å². The molecule has 104 valence electrons. The van der Waals surface area contributed by atoms with Crippen molar-refractivity contribution in [2.75, 3.05) is 31.1 Å². The maximum absolute atomic E-state index is 3.51. The summed E-state index contributed by atoms with van der Waals surface area (Å²) < 4.78 is 0. The van der Waals surface area contributed by atoms with E-state index in [-0.39, 0.29) is 0 Å². The second-order valence-corrected chi connectivity index (χ2v) is 6.44. The standard InChI is InChI=1S/C17H26N2/c1-13(2)12-19-9-3-4-16-10-14-5-7-18-8-6-15(14)11-17(16)19/h10-11,13,18H,3-9,12H2,1-2H3. The highest BCUT2D eigenvalue weighted by Gasteiger charge is 2.20. The first-order valence-corrected chi connectivity index (χ1v) is 7.84. The van der Waals surface area contributed by atoms with Crippen molar-refractivity contribution in [2.24, 2.45) is 5.92 Å². The summed E-state index contributed by atoms with van der Waals surface area (Å²) in [6.45, 7) is 9.35. The Labute approximate surface area is 117 Å². The second-order valence-electron chi connectivity index (χ2n) is 6.44. The van der Waals surface area contributed by atoms with Crippen molar-refractivity contribution < 1.29 is 0 Å². The Morgan fingerprint density at radius 3 is 2.53 bits per heavy atom. The van der Waals surface area contributed by atoms with Crippen LogP contribution in [0.3, 0.4) is 0 Å². The van der Waals surface area contributed by atoms with Crippen molar-refractivity contribution in [3.05, 3.63) is 28.8 Å². The molecule has 0 atom stereocenters. The topological polar surface area (TPSA) is 15.3 Å². The van der Waals surface area contributed by atoms with Gasteiger partial charge < -0.3 is 10.2 Å². The van der Waals surface area contributed by atoms with Crippen LogP contribution in [0.2, 0.25) is 0 Å². The van der Waals surface area contributed by atoms with Crippen LogP contribution in [0.4, 0.5) is 5.69 Å². The van der Waals surface area contributed by atoms with Crippen molar-refractivity contribution >= 4 is 5.69 Å². The Balaban J connectivity index is 1.95. The van der Waals surface area contributed by atoms with E-state index in [9.17, 15) is 0 Å². The first-order valence-electron chi connectivity index (χ1n) is 7.84. The minimum atomic E-state index is 0.742. The molecule has 3 rings (SSSR count). The number of benzene rings is 1. The van der Waals surface area contributed by atoms with Crippen LogP contribution in [0.1, 0.15) is 37.0 Å². The van der Waals surface area contributed by atoms with E-state index in [2.05, 4.69) is 36.2 Å². The van der Waals surface area contributed by atoms with Gasteiger partial charge in [-0.3, -0.25) is 0 Å². The van der Waals surface area contributed by atoms with Crippen LogP contribution in [0.25, 0.3) is 0 Å². The molecule has 2 heterocycles. The van der Waals surface area contributed by atoms with E-state index in [1.165, 1.54) is 44.5 Å². The van der Waals surface area contributed by atoms with E-state index in [0.717, 1.165) is 19.0 Å². The van der Waals surface area contributed by atoms with Crippen LogP contribution < -0.4 is 10.2 Å². The molecule has 19 heavy (non-hydrogen) atoms. The van der Waals surface area contributed by atoms with Crippen molar-refractivity contribution in [3.8, 4) is 0 Å². The number of rotatable bonds is 2. The van der Waals surface area contributed by atoms with Crippen LogP contribution in [-0.2, 0) is 19.3 Å². The van der Waals surface area contributed by atoms with Gasteiger partial charge in [-0.25, -0.2) is 0 Å². The monoisotopic (exact) mass is 258 g/mol. The van der Waals surface area contributed by atoms with Crippen molar-refractivity contribution in [1.29, 1.82) is 0 Å². The van der Waals surface area contributed by atoms with Gasteiger partial charge in [0.15, 0.2) is 0 Å². The van der Waals surface area contributed by atoms with Gasteiger partial charge in [0.25, 0.3) is 0 Å². The van der Waals surface area contributed by atoms with Gasteiger partial charge in [-0.2, -0.15) is 0 Å². The van der Waals surface area contributed by atoms with Gasteiger partial charge >= 0.3 is 0 Å². The van der Waals surface area contributed by atoms with E-state index in [4.69, 9.17) is 0 Å². The summed E-state index contributed by atoms with van der Waals surface area (Å²) in [4.78, 5) is 2.61. The van der Waals surface area contributed by atoms with E-state index in [0.29, 0.717) is 0 Å². The maximum atomic E-state index is 3.51. The fourth-order valence-corrected chi connectivity index (χ4v) is 3.47. The summed E-state index contributed by atoms with van der Waals surface area (Å²) in [5, 5.41) is 3.51. The summed E-state index contributed by atoms with van der Waals surface area (Å²) in [7, 11) is 0. The molecule has 2 nitrogen and oxygen atoms in total. The molecule has 0 radical (unpaired) electrons. The molecule has 2 aliphatic rings. The molecule has 1 aromatic rings. The van der Waals surface area contributed by atoms with E-state index in [1.54, 1.807) is 16.7 Å². The van der Waals surface area contributed by atoms with Gasteiger partial charge in [0.05, 0.1) is 0 Å². The number of nitrogens with one attached hydrogen (secondary N) is 1. The van der Waals surface area contributed by atoms with Gasteiger partial charge in [0, 0.05) is 18.8 Å². The molecule has 2 heteroatoms. The molecule has 1 N–H and O–H groups in total. The van der Waals surface area contributed by atoms with Gasteiger partial charge in [0.1, 0.15) is 0 Å². The van der Waals surface area contributed by atoms with Crippen LogP contribution in [0.15, 0.2) is 12.1 Å². The Morgan fingerprint density at radius 2 is 1.79 bits per heavy atom. The van der Waals surface area contributed by atoms with Gasteiger partial charge in [-0.05, 0) is 67.4 Å². The lowest BCUT2D eigenvalue weighted by atomic mass is 9.93. The molecule has 0 spiro atoms. The first kappa shape index (κ1) is 13.0. The molecule has 0 bridgehead atoms. The van der Waals surface area contributed by atoms with Crippen LogP contribution in [0.5, 0.6) is 0 Å². The Morgan fingerprint density at radius 1 is 1.05 bits per heavy atom. The highest BCUT2D eigenvalue weighted by molar-refractivity contribution is 5.59. The fraction of sp³-hybridized carbons (Fsp3) is 0.647. The quantitative estimate of drug-likeness (QED) is 0.877. The molecule has 0 amide bonds. The van der Waals surface area contributed by atoms with E-state index in [1.807, 2.05) is 0 Å². The van der Waals surface area contributed by atoms with Crippen molar-refractivity contribution in [3.63, 3.8) is 0 Å². The highest BCUT2D eigenvalue weighted by Crippen LogP contribution is 2.31. The summed E-state index contributed by atoms with van der Waals surface area (Å²) >= 11 is 0. The number of hydrogen-bond acceptors (Lipinski definition) is 2.